The number of nitrogens with zero attached hydrogens (tertiary/aromatic N) is 5. The number of aryl methyl sites for hydroxylation is 3. The Morgan fingerprint density at radius 2 is 1.88 bits per heavy atom. The minimum absolute atomic E-state index is 0.284. The molecule has 0 fully saturated rings. The number of pyridine rings is 1. The van der Waals surface area contributed by atoms with Gasteiger partial charge in [0.1, 0.15) is 5.82 Å². The van der Waals surface area contributed by atoms with Gasteiger partial charge in [0, 0.05) is 50.1 Å². The molecule has 2 aromatic carbocycles. The van der Waals surface area contributed by atoms with Gasteiger partial charge in [-0.1, -0.05) is 6.07 Å². The summed E-state index contributed by atoms with van der Waals surface area (Å²) in [5, 5.41) is 2.97. The van der Waals surface area contributed by atoms with Crippen LogP contribution in [0.25, 0.3) is 21.7 Å². The Hall–Kier alpha value is -5.16. The average molecular weight is 581 g/mol. The van der Waals surface area contributed by atoms with E-state index in [0.29, 0.717) is 52.2 Å². The number of amides is 2. The molecule has 0 bridgehead atoms. The molecular formula is C31H25FN6O3S. The maximum Gasteiger partial charge on any atom is 0.268 e. The van der Waals surface area contributed by atoms with Crippen LogP contribution in [-0.4, -0.2) is 38.4 Å². The zero-order valence-electron chi connectivity index (χ0n) is 22.7. The summed E-state index contributed by atoms with van der Waals surface area (Å²) in [4.78, 5) is 42.4. The van der Waals surface area contributed by atoms with Crippen LogP contribution in [0.3, 0.4) is 0 Å². The standard InChI is InChI=1S/C31H25FN6O3S/c1-19-34-18-26(41-19)27-12-13-28(42-27)29(39)36-31-35-24-17-23(37(2)30(40)20-6-8-21(32)9-7-20)10-11-25(24)38(31)16-14-22-5-3-4-15-33-22/h3-13,15,17-18H,14,16H2,1-2H3,(H,35,36,39). The van der Waals surface area contributed by atoms with Gasteiger partial charge in [-0.15, -0.1) is 11.3 Å². The highest BCUT2D eigenvalue weighted by Gasteiger charge is 2.20. The smallest absolute Gasteiger partial charge is 0.268 e. The molecule has 9 nitrogen and oxygen atoms in total. The lowest BCUT2D eigenvalue weighted by Crippen LogP contribution is -2.26. The number of nitrogens with one attached hydrogen (secondary N) is 1. The zero-order valence-corrected chi connectivity index (χ0v) is 23.6. The van der Waals surface area contributed by atoms with Gasteiger partial charge in [-0.05, 0) is 66.7 Å². The van der Waals surface area contributed by atoms with Crippen LogP contribution in [0.5, 0.6) is 0 Å². The lowest BCUT2D eigenvalue weighted by Gasteiger charge is -2.17. The molecule has 0 spiro atoms. The van der Waals surface area contributed by atoms with Gasteiger partial charge in [0.15, 0.2) is 11.7 Å². The normalized spacial score (nSPS) is 11.1. The first-order chi connectivity index (χ1) is 20.4. The molecule has 0 atom stereocenters. The van der Waals surface area contributed by atoms with Crippen molar-refractivity contribution in [2.75, 3.05) is 17.3 Å². The SMILES string of the molecule is Cc1ncc(-c2ccc(C(=O)Nc3nc4cc(N(C)C(=O)c5ccc(F)cc5)ccc4n3CCc3ccccn3)s2)o1. The van der Waals surface area contributed by atoms with Crippen molar-refractivity contribution in [2.24, 2.45) is 0 Å². The summed E-state index contributed by atoms with van der Waals surface area (Å²) in [6, 6.07) is 20.2. The Bertz CT molecular complexity index is 1900. The number of benzene rings is 2. The summed E-state index contributed by atoms with van der Waals surface area (Å²) in [5.74, 6) is 0.532. The first kappa shape index (κ1) is 27.0. The fourth-order valence-corrected chi connectivity index (χ4v) is 5.40. The third kappa shape index (κ3) is 5.54. The van der Waals surface area contributed by atoms with E-state index < -0.39 is 5.82 Å². The van der Waals surface area contributed by atoms with Crippen LogP contribution in [0.2, 0.25) is 0 Å². The van der Waals surface area contributed by atoms with Gasteiger partial charge in [0.25, 0.3) is 11.8 Å². The molecule has 11 heteroatoms. The van der Waals surface area contributed by atoms with E-state index in [9.17, 15) is 14.0 Å². The molecule has 0 saturated carbocycles. The van der Waals surface area contributed by atoms with Gasteiger partial charge in [0.2, 0.25) is 5.95 Å². The summed E-state index contributed by atoms with van der Waals surface area (Å²) < 4.78 is 20.9. The number of fused-ring (bicyclic) bond motifs is 1. The molecule has 210 valence electrons. The first-order valence-corrected chi connectivity index (χ1v) is 13.9. The predicted molar refractivity (Wildman–Crippen MR) is 159 cm³/mol. The largest absolute Gasteiger partial charge is 0.440 e. The van der Waals surface area contributed by atoms with Crippen molar-refractivity contribution in [1.29, 1.82) is 0 Å². The number of hydrogen-bond acceptors (Lipinski definition) is 7. The molecule has 6 rings (SSSR count). The summed E-state index contributed by atoms with van der Waals surface area (Å²) in [6.45, 7) is 2.28. The van der Waals surface area contributed by atoms with Crippen molar-refractivity contribution in [3.63, 3.8) is 0 Å². The predicted octanol–water partition coefficient (Wildman–Crippen LogP) is 6.37. The monoisotopic (exact) mass is 580 g/mol. The number of carbonyl (C=O) groups excluding carboxylic acids is 2. The number of carbonyl (C=O) groups is 2. The highest BCUT2D eigenvalue weighted by Crippen LogP contribution is 2.30. The summed E-state index contributed by atoms with van der Waals surface area (Å²) >= 11 is 1.30. The molecule has 4 heterocycles. The molecular weight excluding hydrogens is 555 g/mol. The molecule has 2 amide bonds. The van der Waals surface area contributed by atoms with E-state index in [-0.39, 0.29) is 11.8 Å². The van der Waals surface area contributed by atoms with Crippen molar-refractivity contribution in [3.8, 4) is 10.6 Å². The second-order valence-electron chi connectivity index (χ2n) is 9.56. The molecule has 0 unspecified atom stereocenters. The zero-order chi connectivity index (χ0) is 29.2. The molecule has 4 aromatic heterocycles. The molecule has 1 N–H and O–H groups in total. The average Bonchev–Trinajstić information content (AvgIpc) is 3.74. The number of thiophene rings is 1. The topological polar surface area (TPSA) is 106 Å². The van der Waals surface area contributed by atoms with Crippen LogP contribution in [-0.2, 0) is 13.0 Å². The van der Waals surface area contributed by atoms with E-state index in [1.807, 2.05) is 41.0 Å². The lowest BCUT2D eigenvalue weighted by molar-refractivity contribution is 0.0991. The molecule has 0 saturated heterocycles. The van der Waals surface area contributed by atoms with Gasteiger partial charge in [-0.3, -0.25) is 19.9 Å². The number of imidazole rings is 1. The van der Waals surface area contributed by atoms with Crippen LogP contribution >= 0.6 is 11.3 Å². The van der Waals surface area contributed by atoms with Gasteiger partial charge < -0.3 is 13.9 Å². The van der Waals surface area contributed by atoms with Crippen molar-refractivity contribution in [1.82, 2.24) is 19.5 Å². The van der Waals surface area contributed by atoms with Crippen LogP contribution < -0.4 is 10.2 Å². The fraction of sp³-hybridized carbons (Fsp3) is 0.129. The highest BCUT2D eigenvalue weighted by molar-refractivity contribution is 7.17. The number of rotatable bonds is 8. The number of anilines is 2. The van der Waals surface area contributed by atoms with Crippen molar-refractivity contribution in [2.45, 2.75) is 19.9 Å². The number of aromatic nitrogens is 4. The molecule has 0 aliphatic heterocycles. The summed E-state index contributed by atoms with van der Waals surface area (Å²) in [7, 11) is 1.65. The van der Waals surface area contributed by atoms with Crippen LogP contribution in [0.4, 0.5) is 16.0 Å². The molecule has 0 aliphatic rings. The van der Waals surface area contributed by atoms with Gasteiger partial charge in [-0.2, -0.15) is 0 Å². The van der Waals surface area contributed by atoms with Gasteiger partial charge >= 0.3 is 0 Å². The second kappa shape index (κ2) is 11.4. The second-order valence-corrected chi connectivity index (χ2v) is 10.6. The molecule has 0 radical (unpaired) electrons. The first-order valence-electron chi connectivity index (χ1n) is 13.1. The number of oxazole rings is 1. The van der Waals surface area contributed by atoms with E-state index in [4.69, 9.17) is 9.40 Å². The van der Waals surface area contributed by atoms with Crippen molar-refractivity contribution < 1.29 is 18.4 Å². The quantitative estimate of drug-likeness (QED) is 0.224. The Morgan fingerprint density at radius 3 is 2.62 bits per heavy atom. The van der Waals surface area contributed by atoms with Crippen molar-refractivity contribution in [3.05, 3.63) is 113 Å². The maximum atomic E-state index is 13.4. The van der Waals surface area contributed by atoms with Crippen LogP contribution in [0.15, 0.2) is 89.6 Å². The summed E-state index contributed by atoms with van der Waals surface area (Å²) in [6.07, 6.45) is 4.00. The van der Waals surface area contributed by atoms with Crippen molar-refractivity contribution >= 4 is 45.8 Å². The van der Waals surface area contributed by atoms with E-state index in [0.717, 1.165) is 16.1 Å². The molecule has 0 aliphatic carbocycles. The minimum atomic E-state index is -0.409. The fourth-order valence-electron chi connectivity index (χ4n) is 4.56. The van der Waals surface area contributed by atoms with E-state index >= 15 is 0 Å². The number of hydrogen-bond donors (Lipinski definition) is 1. The lowest BCUT2D eigenvalue weighted by atomic mass is 10.2. The highest BCUT2D eigenvalue weighted by atomic mass is 32.1. The van der Waals surface area contributed by atoms with Gasteiger partial charge in [-0.25, -0.2) is 14.4 Å². The Balaban J connectivity index is 1.30. The van der Waals surface area contributed by atoms with E-state index in [1.165, 1.54) is 40.5 Å². The van der Waals surface area contributed by atoms with E-state index in [1.54, 1.807) is 38.5 Å². The third-order valence-electron chi connectivity index (χ3n) is 6.75. The molecule has 6 aromatic rings. The van der Waals surface area contributed by atoms with Gasteiger partial charge in [0.05, 0.1) is 27.0 Å². The number of halogens is 1. The Labute approximate surface area is 244 Å². The Morgan fingerprint density at radius 1 is 1.05 bits per heavy atom. The van der Waals surface area contributed by atoms with E-state index in [2.05, 4.69) is 15.3 Å². The van der Waals surface area contributed by atoms with Crippen LogP contribution in [0.1, 0.15) is 31.6 Å². The molecule has 42 heavy (non-hydrogen) atoms. The summed E-state index contributed by atoms with van der Waals surface area (Å²) in [5.41, 5.74) is 3.27. The maximum absolute atomic E-state index is 13.4. The third-order valence-corrected chi connectivity index (χ3v) is 7.85. The van der Waals surface area contributed by atoms with Crippen LogP contribution in [0, 0.1) is 12.7 Å². The minimum Gasteiger partial charge on any atom is -0.440 e. The Kier molecular flexibility index (Phi) is 7.32.